The molecule has 2 aromatic rings. The second kappa shape index (κ2) is 7.26. The molecule has 0 aliphatic carbocycles. The van der Waals surface area contributed by atoms with E-state index in [9.17, 15) is 8.42 Å². The Morgan fingerprint density at radius 2 is 2.04 bits per heavy atom. The molecule has 0 amide bonds. The van der Waals surface area contributed by atoms with Crippen LogP contribution in [0.1, 0.15) is 18.5 Å². The third-order valence-corrected chi connectivity index (χ3v) is 7.05. The Kier molecular flexibility index (Phi) is 5.29. The summed E-state index contributed by atoms with van der Waals surface area (Å²) >= 11 is 1.58. The standard InChI is InChI=1S/C16H22N4O2S2/c1-19(2)24(21,22)20-9-6-13(7-10-20)12-14-4-3-5-15(18-14)16-17-8-11-23-16/h3-5,8,11,13H,6-7,9-10,12H2,1-2H3. The highest BCUT2D eigenvalue weighted by Gasteiger charge is 2.29. The molecule has 8 heteroatoms. The lowest BCUT2D eigenvalue weighted by atomic mass is 9.93. The molecule has 0 aromatic carbocycles. The molecule has 0 spiro atoms. The molecule has 0 unspecified atom stereocenters. The van der Waals surface area contributed by atoms with E-state index in [4.69, 9.17) is 4.98 Å². The Morgan fingerprint density at radius 1 is 1.29 bits per heavy atom. The third-order valence-electron chi connectivity index (χ3n) is 4.32. The van der Waals surface area contributed by atoms with Gasteiger partial charge in [-0.2, -0.15) is 17.0 Å². The topological polar surface area (TPSA) is 66.4 Å². The molecular weight excluding hydrogens is 344 g/mol. The zero-order valence-corrected chi connectivity index (χ0v) is 15.6. The molecule has 3 heterocycles. The summed E-state index contributed by atoms with van der Waals surface area (Å²) in [4.78, 5) is 9.02. The summed E-state index contributed by atoms with van der Waals surface area (Å²) in [5.41, 5.74) is 1.96. The van der Waals surface area contributed by atoms with E-state index < -0.39 is 10.2 Å². The summed E-state index contributed by atoms with van der Waals surface area (Å²) in [7, 11) is -0.131. The molecule has 6 nitrogen and oxygen atoms in total. The van der Waals surface area contributed by atoms with Gasteiger partial charge >= 0.3 is 0 Å². The van der Waals surface area contributed by atoms with Crippen LogP contribution in [0.15, 0.2) is 29.8 Å². The predicted octanol–water partition coefficient (Wildman–Crippen LogP) is 2.27. The van der Waals surface area contributed by atoms with Crippen LogP contribution in [0, 0.1) is 5.92 Å². The summed E-state index contributed by atoms with van der Waals surface area (Å²) < 4.78 is 27.2. The summed E-state index contributed by atoms with van der Waals surface area (Å²) in [5, 5.41) is 2.88. The number of aromatic nitrogens is 2. The van der Waals surface area contributed by atoms with Crippen molar-refractivity contribution in [2.45, 2.75) is 19.3 Å². The first-order valence-electron chi connectivity index (χ1n) is 8.00. The lowest BCUT2D eigenvalue weighted by Crippen LogP contribution is -2.44. The summed E-state index contributed by atoms with van der Waals surface area (Å²) in [5.74, 6) is 0.470. The maximum Gasteiger partial charge on any atom is 0.281 e. The minimum atomic E-state index is -3.29. The largest absolute Gasteiger partial charge is 0.281 e. The highest BCUT2D eigenvalue weighted by atomic mass is 32.2. The second-order valence-corrected chi connectivity index (χ2v) is 9.23. The van der Waals surface area contributed by atoms with Gasteiger partial charge in [-0.1, -0.05) is 6.07 Å². The molecule has 0 saturated carbocycles. The van der Waals surface area contributed by atoms with Crippen molar-refractivity contribution in [2.75, 3.05) is 27.2 Å². The van der Waals surface area contributed by atoms with E-state index in [-0.39, 0.29) is 0 Å². The lowest BCUT2D eigenvalue weighted by Gasteiger charge is -2.32. The lowest BCUT2D eigenvalue weighted by molar-refractivity contribution is 0.261. The van der Waals surface area contributed by atoms with Crippen LogP contribution in [0.2, 0.25) is 0 Å². The molecule has 1 saturated heterocycles. The minimum Gasteiger partial charge on any atom is -0.250 e. The number of hydrogen-bond donors (Lipinski definition) is 0. The van der Waals surface area contributed by atoms with Crippen LogP contribution in [-0.4, -0.2) is 54.2 Å². The van der Waals surface area contributed by atoms with Crippen LogP contribution in [0.25, 0.3) is 10.7 Å². The van der Waals surface area contributed by atoms with E-state index in [2.05, 4.69) is 4.98 Å². The number of hydrogen-bond acceptors (Lipinski definition) is 5. The highest BCUT2D eigenvalue weighted by Crippen LogP contribution is 2.25. The van der Waals surface area contributed by atoms with Crippen LogP contribution in [0.3, 0.4) is 0 Å². The van der Waals surface area contributed by atoms with Crippen LogP contribution in [0.5, 0.6) is 0 Å². The molecule has 3 rings (SSSR count). The van der Waals surface area contributed by atoms with E-state index in [1.807, 2.05) is 23.6 Å². The average Bonchev–Trinajstić information content (AvgIpc) is 3.10. The third kappa shape index (κ3) is 3.83. The minimum absolute atomic E-state index is 0.470. The monoisotopic (exact) mass is 366 g/mol. The summed E-state index contributed by atoms with van der Waals surface area (Å²) in [6.45, 7) is 1.16. The normalized spacial score (nSPS) is 17.5. The van der Waals surface area contributed by atoms with E-state index >= 15 is 0 Å². The van der Waals surface area contributed by atoms with Gasteiger partial charge in [0.25, 0.3) is 10.2 Å². The second-order valence-electron chi connectivity index (χ2n) is 6.19. The SMILES string of the molecule is CN(C)S(=O)(=O)N1CCC(Cc2cccc(-c3nccs3)n2)CC1. The molecule has 1 aliphatic rings. The van der Waals surface area contributed by atoms with Gasteiger partial charge < -0.3 is 0 Å². The van der Waals surface area contributed by atoms with Gasteiger partial charge in [-0.05, 0) is 37.3 Å². The van der Waals surface area contributed by atoms with Gasteiger partial charge in [0, 0.05) is 44.5 Å². The van der Waals surface area contributed by atoms with Crippen molar-refractivity contribution in [3.8, 4) is 10.7 Å². The zero-order chi connectivity index (χ0) is 17.2. The fourth-order valence-corrected chi connectivity index (χ4v) is 4.67. The Bertz CT molecular complexity index is 767. The van der Waals surface area contributed by atoms with Crippen molar-refractivity contribution >= 4 is 21.5 Å². The Hall–Kier alpha value is -1.35. The Morgan fingerprint density at radius 3 is 2.67 bits per heavy atom. The Balaban J connectivity index is 1.62. The number of nitrogens with zero attached hydrogens (tertiary/aromatic N) is 4. The van der Waals surface area contributed by atoms with Gasteiger partial charge in [0.15, 0.2) is 0 Å². The molecule has 0 N–H and O–H groups in total. The fraction of sp³-hybridized carbons (Fsp3) is 0.500. The molecule has 0 radical (unpaired) electrons. The number of thiazole rings is 1. The highest BCUT2D eigenvalue weighted by molar-refractivity contribution is 7.86. The smallest absolute Gasteiger partial charge is 0.250 e. The van der Waals surface area contributed by atoms with E-state index in [1.54, 1.807) is 35.9 Å². The van der Waals surface area contributed by atoms with Crippen molar-refractivity contribution in [3.63, 3.8) is 0 Å². The molecule has 0 atom stereocenters. The number of rotatable bonds is 5. The van der Waals surface area contributed by atoms with Crippen molar-refractivity contribution in [1.82, 2.24) is 18.6 Å². The van der Waals surface area contributed by atoms with Crippen molar-refractivity contribution in [3.05, 3.63) is 35.5 Å². The maximum atomic E-state index is 12.2. The van der Waals surface area contributed by atoms with Gasteiger partial charge in [0.05, 0.1) is 5.69 Å². The van der Waals surface area contributed by atoms with Crippen molar-refractivity contribution in [1.29, 1.82) is 0 Å². The quantitative estimate of drug-likeness (QED) is 0.814. The molecule has 1 fully saturated rings. The van der Waals surface area contributed by atoms with E-state index in [1.165, 1.54) is 4.31 Å². The van der Waals surface area contributed by atoms with Gasteiger partial charge in [0.2, 0.25) is 0 Å². The molecule has 1 aliphatic heterocycles. The van der Waals surface area contributed by atoms with Crippen LogP contribution in [-0.2, 0) is 16.6 Å². The predicted molar refractivity (Wildman–Crippen MR) is 96.0 cm³/mol. The van der Waals surface area contributed by atoms with E-state index in [0.29, 0.717) is 19.0 Å². The van der Waals surface area contributed by atoms with Crippen LogP contribution < -0.4 is 0 Å². The number of pyridine rings is 1. The van der Waals surface area contributed by atoms with Crippen molar-refractivity contribution < 1.29 is 8.42 Å². The first kappa shape index (κ1) is 17.5. The van der Waals surface area contributed by atoms with Gasteiger partial charge in [-0.15, -0.1) is 11.3 Å². The first-order valence-corrected chi connectivity index (χ1v) is 10.3. The first-order chi connectivity index (χ1) is 11.5. The Labute approximate surface area is 147 Å². The van der Waals surface area contributed by atoms with Gasteiger partial charge in [-0.3, -0.25) is 4.98 Å². The molecule has 130 valence electrons. The van der Waals surface area contributed by atoms with Crippen LogP contribution >= 0.6 is 11.3 Å². The molecule has 2 aromatic heterocycles. The molecular formula is C16H22N4O2S2. The molecule has 24 heavy (non-hydrogen) atoms. The fourth-order valence-electron chi connectivity index (χ4n) is 2.93. The number of piperidine rings is 1. The zero-order valence-electron chi connectivity index (χ0n) is 13.9. The van der Waals surface area contributed by atoms with Crippen molar-refractivity contribution in [2.24, 2.45) is 5.92 Å². The summed E-state index contributed by atoms with van der Waals surface area (Å²) in [6.07, 6.45) is 4.41. The maximum absolute atomic E-state index is 12.2. The van der Waals surface area contributed by atoms with Gasteiger partial charge in [-0.25, -0.2) is 4.98 Å². The average molecular weight is 367 g/mol. The van der Waals surface area contributed by atoms with E-state index in [0.717, 1.165) is 35.7 Å². The molecule has 0 bridgehead atoms. The van der Waals surface area contributed by atoms with Gasteiger partial charge in [0.1, 0.15) is 5.01 Å². The van der Waals surface area contributed by atoms with Crippen LogP contribution in [0.4, 0.5) is 0 Å². The summed E-state index contributed by atoms with van der Waals surface area (Å²) in [6, 6.07) is 6.04.